The van der Waals surface area contributed by atoms with Crippen LogP contribution in [0.2, 0.25) is 0 Å². The first-order chi connectivity index (χ1) is 12.3. The van der Waals surface area contributed by atoms with Crippen molar-refractivity contribution in [3.63, 3.8) is 0 Å². The average Bonchev–Trinajstić information content (AvgIpc) is 3.08. The number of carbonyl (C=O) groups excluding carboxylic acids is 1. The summed E-state index contributed by atoms with van der Waals surface area (Å²) in [6.07, 6.45) is 5.22. The summed E-state index contributed by atoms with van der Waals surface area (Å²) in [5.41, 5.74) is 4.17. The number of hydrogen-bond acceptors (Lipinski definition) is 3. The molecule has 0 saturated carbocycles. The van der Waals surface area contributed by atoms with Gasteiger partial charge in [0.25, 0.3) is 5.91 Å². The topological polar surface area (TPSA) is 69.8 Å². The second kappa shape index (κ2) is 6.49. The molecule has 0 unspecified atom stereocenters. The largest absolute Gasteiger partial charge is 0.360 e. The maximum atomic E-state index is 12.5. The molecule has 5 nitrogen and oxygen atoms in total. The van der Waals surface area contributed by atoms with E-state index in [-0.39, 0.29) is 5.91 Å². The number of aromatic nitrogens is 2. The zero-order chi connectivity index (χ0) is 17.1. The van der Waals surface area contributed by atoms with Crippen molar-refractivity contribution >= 4 is 33.9 Å². The van der Waals surface area contributed by atoms with Crippen LogP contribution < -0.4 is 10.6 Å². The fraction of sp³-hybridized carbons (Fsp3) is 0. The summed E-state index contributed by atoms with van der Waals surface area (Å²) in [4.78, 5) is 19.7. The van der Waals surface area contributed by atoms with Crippen molar-refractivity contribution in [1.82, 2.24) is 9.97 Å². The van der Waals surface area contributed by atoms with E-state index >= 15 is 0 Å². The van der Waals surface area contributed by atoms with Crippen LogP contribution in [0, 0.1) is 0 Å². The molecule has 0 radical (unpaired) electrons. The Kier molecular flexibility index (Phi) is 3.88. The lowest BCUT2D eigenvalue weighted by Gasteiger charge is -2.08. The minimum absolute atomic E-state index is 0.134. The van der Waals surface area contributed by atoms with Crippen LogP contribution in [0.25, 0.3) is 10.9 Å². The van der Waals surface area contributed by atoms with Gasteiger partial charge in [-0.05, 0) is 42.5 Å². The van der Waals surface area contributed by atoms with Crippen molar-refractivity contribution in [2.24, 2.45) is 0 Å². The lowest BCUT2D eigenvalue weighted by molar-refractivity contribution is 0.102. The van der Waals surface area contributed by atoms with Gasteiger partial charge in [0.05, 0.1) is 17.4 Å². The van der Waals surface area contributed by atoms with Crippen LogP contribution in [-0.4, -0.2) is 15.9 Å². The number of nitrogens with one attached hydrogen (secondary N) is 3. The van der Waals surface area contributed by atoms with Gasteiger partial charge in [-0.15, -0.1) is 0 Å². The monoisotopic (exact) mass is 328 g/mol. The van der Waals surface area contributed by atoms with Crippen LogP contribution >= 0.6 is 0 Å². The summed E-state index contributed by atoms with van der Waals surface area (Å²) in [6.45, 7) is 0. The fourth-order valence-corrected chi connectivity index (χ4v) is 2.70. The van der Waals surface area contributed by atoms with E-state index < -0.39 is 0 Å². The molecular formula is C20H16N4O. The highest BCUT2D eigenvalue weighted by atomic mass is 16.1. The second-order valence-corrected chi connectivity index (χ2v) is 5.65. The van der Waals surface area contributed by atoms with Crippen molar-refractivity contribution < 1.29 is 4.79 Å². The first-order valence-corrected chi connectivity index (χ1v) is 7.94. The first kappa shape index (κ1) is 15.0. The average molecular weight is 328 g/mol. The van der Waals surface area contributed by atoms with Crippen LogP contribution in [0.4, 0.5) is 17.1 Å². The third-order valence-corrected chi connectivity index (χ3v) is 3.93. The van der Waals surface area contributed by atoms with Gasteiger partial charge in [0.2, 0.25) is 0 Å². The van der Waals surface area contributed by atoms with Crippen LogP contribution in [0.1, 0.15) is 10.4 Å². The van der Waals surface area contributed by atoms with Gasteiger partial charge in [-0.1, -0.05) is 18.2 Å². The van der Waals surface area contributed by atoms with E-state index in [4.69, 9.17) is 0 Å². The Morgan fingerprint density at radius 3 is 2.48 bits per heavy atom. The van der Waals surface area contributed by atoms with E-state index in [2.05, 4.69) is 20.6 Å². The summed E-state index contributed by atoms with van der Waals surface area (Å²) in [5.74, 6) is -0.134. The molecule has 5 heteroatoms. The third-order valence-electron chi connectivity index (χ3n) is 3.93. The van der Waals surface area contributed by atoms with Crippen LogP contribution in [0.15, 0.2) is 79.3 Å². The van der Waals surface area contributed by atoms with Crippen molar-refractivity contribution in [3.05, 3.63) is 84.8 Å². The molecule has 4 aromatic rings. The third kappa shape index (κ3) is 3.21. The molecular weight excluding hydrogens is 312 g/mol. The lowest BCUT2D eigenvalue weighted by Crippen LogP contribution is -2.11. The molecule has 0 spiro atoms. The molecule has 0 bridgehead atoms. The molecule has 0 saturated heterocycles. The summed E-state index contributed by atoms with van der Waals surface area (Å²) in [5, 5.41) is 7.10. The summed E-state index contributed by atoms with van der Waals surface area (Å²) in [7, 11) is 0. The van der Waals surface area contributed by atoms with Gasteiger partial charge in [0, 0.05) is 34.7 Å². The molecule has 0 aliphatic carbocycles. The number of aromatic amines is 1. The van der Waals surface area contributed by atoms with Gasteiger partial charge in [-0.3, -0.25) is 9.78 Å². The molecule has 0 fully saturated rings. The Morgan fingerprint density at radius 2 is 1.68 bits per heavy atom. The highest BCUT2D eigenvalue weighted by Gasteiger charge is 2.11. The number of nitrogens with zero attached hydrogens (tertiary/aromatic N) is 1. The number of fused-ring (bicyclic) bond motifs is 1. The molecule has 122 valence electrons. The van der Waals surface area contributed by atoms with Gasteiger partial charge in [-0.2, -0.15) is 0 Å². The van der Waals surface area contributed by atoms with Crippen LogP contribution in [-0.2, 0) is 0 Å². The Bertz CT molecular complexity index is 1010. The highest BCUT2D eigenvalue weighted by Crippen LogP contribution is 2.21. The minimum atomic E-state index is -0.134. The Labute approximate surface area is 144 Å². The number of H-pyrrole nitrogens is 1. The van der Waals surface area contributed by atoms with E-state index in [1.807, 2.05) is 60.7 Å². The molecule has 3 N–H and O–H groups in total. The van der Waals surface area contributed by atoms with Crippen molar-refractivity contribution in [3.8, 4) is 0 Å². The molecule has 2 aromatic heterocycles. The number of para-hydroxylation sites is 1. The number of benzene rings is 2. The SMILES string of the molecule is O=C(Nc1ccc(Nc2cccnc2)cc1)c1c[nH]c2ccccc12. The van der Waals surface area contributed by atoms with E-state index in [9.17, 15) is 4.79 Å². The Morgan fingerprint density at radius 1 is 0.880 bits per heavy atom. The normalized spacial score (nSPS) is 10.6. The van der Waals surface area contributed by atoms with Gasteiger partial charge in [0.15, 0.2) is 0 Å². The van der Waals surface area contributed by atoms with Crippen molar-refractivity contribution in [1.29, 1.82) is 0 Å². The number of pyridine rings is 1. The smallest absolute Gasteiger partial charge is 0.257 e. The Balaban J connectivity index is 1.48. The van der Waals surface area contributed by atoms with E-state index in [0.717, 1.165) is 28.0 Å². The van der Waals surface area contributed by atoms with Gasteiger partial charge >= 0.3 is 0 Å². The number of amides is 1. The number of anilines is 3. The van der Waals surface area contributed by atoms with E-state index in [1.54, 1.807) is 18.6 Å². The number of carbonyl (C=O) groups is 1. The Hall–Kier alpha value is -3.60. The quantitative estimate of drug-likeness (QED) is 0.514. The predicted molar refractivity (Wildman–Crippen MR) is 100 cm³/mol. The molecule has 2 heterocycles. The molecule has 0 atom stereocenters. The zero-order valence-corrected chi connectivity index (χ0v) is 13.4. The van der Waals surface area contributed by atoms with Crippen molar-refractivity contribution in [2.45, 2.75) is 0 Å². The van der Waals surface area contributed by atoms with Gasteiger partial charge < -0.3 is 15.6 Å². The first-order valence-electron chi connectivity index (χ1n) is 7.94. The summed E-state index contributed by atoms with van der Waals surface area (Å²) in [6, 6.07) is 19.1. The van der Waals surface area contributed by atoms with E-state index in [0.29, 0.717) is 5.56 Å². The van der Waals surface area contributed by atoms with Gasteiger partial charge in [-0.25, -0.2) is 0 Å². The highest BCUT2D eigenvalue weighted by molar-refractivity contribution is 6.12. The van der Waals surface area contributed by atoms with Crippen LogP contribution in [0.5, 0.6) is 0 Å². The molecule has 1 amide bonds. The lowest BCUT2D eigenvalue weighted by atomic mass is 10.1. The molecule has 2 aromatic carbocycles. The fourth-order valence-electron chi connectivity index (χ4n) is 2.70. The second-order valence-electron chi connectivity index (χ2n) is 5.65. The zero-order valence-electron chi connectivity index (χ0n) is 13.4. The number of rotatable bonds is 4. The van der Waals surface area contributed by atoms with Gasteiger partial charge in [0.1, 0.15) is 0 Å². The summed E-state index contributed by atoms with van der Waals surface area (Å²) < 4.78 is 0. The molecule has 4 rings (SSSR count). The molecule has 25 heavy (non-hydrogen) atoms. The standard InChI is InChI=1S/C20H16N4O/c25-20(18-13-22-19-6-2-1-5-17(18)19)24-15-9-7-14(8-10-15)23-16-4-3-11-21-12-16/h1-13,22-23H,(H,24,25). The maximum Gasteiger partial charge on any atom is 0.257 e. The van der Waals surface area contributed by atoms with Crippen molar-refractivity contribution in [2.75, 3.05) is 10.6 Å². The maximum absolute atomic E-state index is 12.5. The van der Waals surface area contributed by atoms with Crippen LogP contribution in [0.3, 0.4) is 0 Å². The molecule has 0 aliphatic rings. The predicted octanol–water partition coefficient (Wildman–Crippen LogP) is 4.56. The molecule has 0 aliphatic heterocycles. The summed E-state index contributed by atoms with van der Waals surface area (Å²) >= 11 is 0. The van der Waals surface area contributed by atoms with E-state index in [1.165, 1.54) is 0 Å². The minimum Gasteiger partial charge on any atom is -0.360 e. The number of hydrogen-bond donors (Lipinski definition) is 3.